The van der Waals surface area contributed by atoms with E-state index in [1.165, 1.54) is 0 Å². The molecule has 1 rings (SSSR count). The monoisotopic (exact) mass is 403 g/mol. The number of carbonyl (C=O) groups is 1. The number of aliphatic hydroxyl groups is 1. The molecule has 1 heterocycles. The third-order valence-electron chi connectivity index (χ3n) is 4.55. The standard InChI is InChI=1S/C20H37NO7/c1-5-27-20-16(6-9-25-12-13-26-11-8-22)17(15(2)3)14-18(28-20)19(23)21-7-10-24-4/h14-17,20,22H,5-13H2,1-4H3,(H,21,23). The van der Waals surface area contributed by atoms with Crippen molar-refractivity contribution in [1.82, 2.24) is 5.32 Å². The van der Waals surface area contributed by atoms with Crippen molar-refractivity contribution in [2.45, 2.75) is 33.5 Å². The van der Waals surface area contributed by atoms with Crippen LogP contribution in [0.2, 0.25) is 0 Å². The molecule has 1 aliphatic rings. The zero-order valence-corrected chi connectivity index (χ0v) is 17.6. The second-order valence-electron chi connectivity index (χ2n) is 6.94. The molecule has 0 aromatic carbocycles. The number of carbonyl (C=O) groups excluding carboxylic acids is 1. The van der Waals surface area contributed by atoms with Crippen LogP contribution in [0.15, 0.2) is 11.8 Å². The number of allylic oxidation sites excluding steroid dienone is 1. The SMILES string of the molecule is CCOC1OC(C(=O)NCCOC)=CC(C(C)C)C1CCOCCOCCO. The zero-order chi connectivity index (χ0) is 20.8. The molecule has 3 unspecified atom stereocenters. The van der Waals surface area contributed by atoms with Gasteiger partial charge in [-0.05, 0) is 31.3 Å². The Labute approximate surface area is 168 Å². The molecule has 0 saturated carbocycles. The van der Waals surface area contributed by atoms with Gasteiger partial charge in [0.15, 0.2) is 5.76 Å². The molecule has 1 amide bonds. The molecule has 8 nitrogen and oxygen atoms in total. The first-order chi connectivity index (χ1) is 13.5. The predicted molar refractivity (Wildman–Crippen MR) is 105 cm³/mol. The van der Waals surface area contributed by atoms with E-state index in [0.29, 0.717) is 57.9 Å². The van der Waals surface area contributed by atoms with Gasteiger partial charge < -0.3 is 34.1 Å². The molecular formula is C20H37NO7. The molecule has 0 bridgehead atoms. The third kappa shape index (κ3) is 8.87. The number of ether oxygens (including phenoxy) is 5. The second-order valence-corrected chi connectivity index (χ2v) is 6.94. The largest absolute Gasteiger partial charge is 0.459 e. The highest BCUT2D eigenvalue weighted by Crippen LogP contribution is 2.36. The van der Waals surface area contributed by atoms with Crippen molar-refractivity contribution in [3.05, 3.63) is 11.8 Å². The maximum Gasteiger partial charge on any atom is 0.286 e. The van der Waals surface area contributed by atoms with Gasteiger partial charge in [0.2, 0.25) is 6.29 Å². The second kappa shape index (κ2) is 14.8. The van der Waals surface area contributed by atoms with Crippen molar-refractivity contribution >= 4 is 5.91 Å². The van der Waals surface area contributed by atoms with Gasteiger partial charge in [-0.2, -0.15) is 0 Å². The Morgan fingerprint density at radius 1 is 1.21 bits per heavy atom. The van der Waals surface area contributed by atoms with E-state index in [4.69, 9.17) is 28.8 Å². The van der Waals surface area contributed by atoms with Gasteiger partial charge in [0.25, 0.3) is 5.91 Å². The Kier molecular flexibility index (Phi) is 13.1. The number of hydrogen-bond donors (Lipinski definition) is 2. The van der Waals surface area contributed by atoms with E-state index in [1.807, 2.05) is 13.0 Å². The minimum atomic E-state index is -0.486. The van der Waals surface area contributed by atoms with Gasteiger partial charge in [-0.3, -0.25) is 4.79 Å². The number of nitrogens with one attached hydrogen (secondary N) is 1. The van der Waals surface area contributed by atoms with Gasteiger partial charge in [-0.15, -0.1) is 0 Å². The number of amides is 1. The molecule has 164 valence electrons. The molecule has 0 aliphatic carbocycles. The average molecular weight is 404 g/mol. The van der Waals surface area contributed by atoms with Crippen LogP contribution in [0, 0.1) is 17.8 Å². The van der Waals surface area contributed by atoms with Crippen LogP contribution >= 0.6 is 0 Å². The van der Waals surface area contributed by atoms with E-state index in [9.17, 15) is 4.79 Å². The fourth-order valence-corrected chi connectivity index (χ4v) is 3.16. The van der Waals surface area contributed by atoms with Crippen molar-refractivity contribution < 1.29 is 33.6 Å². The maximum absolute atomic E-state index is 12.4. The lowest BCUT2D eigenvalue weighted by molar-refractivity contribution is -0.177. The minimum absolute atomic E-state index is 0.0131. The van der Waals surface area contributed by atoms with Crippen molar-refractivity contribution in [1.29, 1.82) is 0 Å². The van der Waals surface area contributed by atoms with Gasteiger partial charge in [-0.1, -0.05) is 13.8 Å². The Bertz CT molecular complexity index is 456. The van der Waals surface area contributed by atoms with Gasteiger partial charge in [-0.25, -0.2) is 0 Å². The van der Waals surface area contributed by atoms with Crippen LogP contribution in [-0.4, -0.2) is 77.2 Å². The summed E-state index contributed by atoms with van der Waals surface area (Å²) in [4.78, 5) is 12.4. The highest BCUT2D eigenvalue weighted by molar-refractivity contribution is 5.91. The topological polar surface area (TPSA) is 95.5 Å². The molecule has 2 N–H and O–H groups in total. The molecule has 0 saturated heterocycles. The van der Waals surface area contributed by atoms with Crippen LogP contribution in [0.3, 0.4) is 0 Å². The number of aliphatic hydroxyl groups excluding tert-OH is 1. The summed E-state index contributed by atoms with van der Waals surface area (Å²) in [5, 5.41) is 11.5. The van der Waals surface area contributed by atoms with E-state index in [0.717, 1.165) is 6.42 Å². The smallest absolute Gasteiger partial charge is 0.286 e. The van der Waals surface area contributed by atoms with Crippen LogP contribution in [0.25, 0.3) is 0 Å². The first-order valence-corrected chi connectivity index (χ1v) is 10.1. The fourth-order valence-electron chi connectivity index (χ4n) is 3.16. The fraction of sp³-hybridized carbons (Fsp3) is 0.850. The first-order valence-electron chi connectivity index (χ1n) is 10.1. The van der Waals surface area contributed by atoms with Crippen LogP contribution in [-0.2, 0) is 28.5 Å². The third-order valence-corrected chi connectivity index (χ3v) is 4.55. The maximum atomic E-state index is 12.4. The molecule has 0 fully saturated rings. The Hall–Kier alpha value is -1.19. The first kappa shape index (κ1) is 24.8. The summed E-state index contributed by atoms with van der Waals surface area (Å²) in [6.45, 7) is 9.36. The molecule has 3 atom stereocenters. The molecule has 0 aromatic rings. The lowest BCUT2D eigenvalue weighted by Crippen LogP contribution is -2.42. The van der Waals surface area contributed by atoms with Crippen molar-refractivity contribution in [3.63, 3.8) is 0 Å². The molecule has 28 heavy (non-hydrogen) atoms. The van der Waals surface area contributed by atoms with Gasteiger partial charge >= 0.3 is 0 Å². The van der Waals surface area contributed by atoms with Gasteiger partial charge in [0.05, 0.1) is 33.0 Å². The van der Waals surface area contributed by atoms with Gasteiger partial charge in [0, 0.05) is 32.8 Å². The summed E-state index contributed by atoms with van der Waals surface area (Å²) in [6.07, 6.45) is 2.18. The minimum Gasteiger partial charge on any atom is -0.459 e. The van der Waals surface area contributed by atoms with Crippen LogP contribution in [0.1, 0.15) is 27.2 Å². The van der Waals surface area contributed by atoms with Crippen LogP contribution < -0.4 is 5.32 Å². The Balaban J connectivity index is 2.68. The normalized spacial score (nSPS) is 22.1. The number of methoxy groups -OCH3 is 1. The molecule has 0 radical (unpaired) electrons. The van der Waals surface area contributed by atoms with E-state index < -0.39 is 6.29 Å². The van der Waals surface area contributed by atoms with E-state index in [1.54, 1.807) is 7.11 Å². The lowest BCUT2D eigenvalue weighted by atomic mass is 9.79. The van der Waals surface area contributed by atoms with Crippen molar-refractivity contribution in [2.24, 2.45) is 17.8 Å². The van der Waals surface area contributed by atoms with E-state index in [-0.39, 0.29) is 24.3 Å². The highest BCUT2D eigenvalue weighted by atomic mass is 16.7. The predicted octanol–water partition coefficient (Wildman–Crippen LogP) is 1.33. The average Bonchev–Trinajstić information content (AvgIpc) is 2.68. The van der Waals surface area contributed by atoms with Crippen LogP contribution in [0.4, 0.5) is 0 Å². The number of rotatable bonds is 15. The molecule has 0 aromatic heterocycles. The lowest BCUT2D eigenvalue weighted by Gasteiger charge is -2.38. The zero-order valence-electron chi connectivity index (χ0n) is 17.6. The van der Waals surface area contributed by atoms with Crippen molar-refractivity contribution in [2.75, 3.05) is 59.9 Å². The summed E-state index contributed by atoms with van der Waals surface area (Å²) in [6, 6.07) is 0. The highest BCUT2D eigenvalue weighted by Gasteiger charge is 2.38. The van der Waals surface area contributed by atoms with Gasteiger partial charge in [0.1, 0.15) is 0 Å². The molecular weight excluding hydrogens is 366 g/mol. The summed E-state index contributed by atoms with van der Waals surface area (Å²) in [5.41, 5.74) is 0. The Morgan fingerprint density at radius 2 is 1.93 bits per heavy atom. The molecule has 0 spiro atoms. The summed E-state index contributed by atoms with van der Waals surface area (Å²) in [5.74, 6) is 0.619. The summed E-state index contributed by atoms with van der Waals surface area (Å²) in [7, 11) is 1.59. The van der Waals surface area contributed by atoms with Crippen LogP contribution in [0.5, 0.6) is 0 Å². The van der Waals surface area contributed by atoms with Crippen molar-refractivity contribution in [3.8, 4) is 0 Å². The Morgan fingerprint density at radius 3 is 2.54 bits per heavy atom. The molecule has 1 aliphatic heterocycles. The molecule has 8 heteroatoms. The quantitative estimate of drug-likeness (QED) is 0.398. The van der Waals surface area contributed by atoms with E-state index >= 15 is 0 Å². The van der Waals surface area contributed by atoms with E-state index in [2.05, 4.69) is 19.2 Å². The summed E-state index contributed by atoms with van der Waals surface area (Å²) < 4.78 is 27.5. The summed E-state index contributed by atoms with van der Waals surface area (Å²) >= 11 is 0. The number of hydrogen-bond acceptors (Lipinski definition) is 7.